The quantitative estimate of drug-likeness (QED) is 0.797. The van der Waals surface area contributed by atoms with E-state index in [2.05, 4.69) is 4.90 Å². The van der Waals surface area contributed by atoms with E-state index < -0.39 is 0 Å². The molecule has 3 atom stereocenters. The molecule has 1 amide bonds. The SMILES string of the molecule is O=C(C[C@@H]1OC[C@H]2CN(C3CCC3)CC[C@H]21)N1CCCCO1. The number of ether oxygens (including phenoxy) is 1. The first-order valence-electron chi connectivity index (χ1n) is 9.10. The van der Waals surface area contributed by atoms with Crippen molar-refractivity contribution < 1.29 is 14.4 Å². The Morgan fingerprint density at radius 1 is 1.09 bits per heavy atom. The zero-order valence-corrected chi connectivity index (χ0v) is 13.4. The largest absolute Gasteiger partial charge is 0.377 e. The third-order valence-corrected chi connectivity index (χ3v) is 6.07. The summed E-state index contributed by atoms with van der Waals surface area (Å²) in [5, 5.41) is 1.57. The van der Waals surface area contributed by atoms with Gasteiger partial charge in [-0.3, -0.25) is 9.63 Å². The summed E-state index contributed by atoms with van der Waals surface area (Å²) in [5.41, 5.74) is 0. The number of carbonyl (C=O) groups is 1. The highest BCUT2D eigenvalue weighted by Crippen LogP contribution is 2.38. The number of fused-ring (bicyclic) bond motifs is 1. The van der Waals surface area contributed by atoms with Crippen LogP contribution in [0.4, 0.5) is 0 Å². The Hall–Kier alpha value is -0.650. The second-order valence-electron chi connectivity index (χ2n) is 7.40. The van der Waals surface area contributed by atoms with Gasteiger partial charge in [-0.2, -0.15) is 0 Å². The molecule has 0 aromatic rings. The predicted octanol–water partition coefficient (Wildman–Crippen LogP) is 1.82. The number of carbonyl (C=O) groups excluding carboxylic acids is 1. The highest BCUT2D eigenvalue weighted by Gasteiger charge is 2.43. The summed E-state index contributed by atoms with van der Waals surface area (Å²) in [6.45, 7) is 4.64. The zero-order valence-electron chi connectivity index (χ0n) is 13.4. The van der Waals surface area contributed by atoms with Crippen molar-refractivity contribution in [3.8, 4) is 0 Å². The molecule has 4 rings (SSSR count). The van der Waals surface area contributed by atoms with Crippen molar-refractivity contribution in [2.45, 2.75) is 57.1 Å². The van der Waals surface area contributed by atoms with Gasteiger partial charge in [-0.25, -0.2) is 5.06 Å². The molecule has 4 fully saturated rings. The van der Waals surface area contributed by atoms with Gasteiger partial charge in [-0.1, -0.05) is 6.42 Å². The lowest BCUT2D eigenvalue weighted by Gasteiger charge is -2.43. The van der Waals surface area contributed by atoms with Gasteiger partial charge in [0.1, 0.15) is 0 Å². The summed E-state index contributed by atoms with van der Waals surface area (Å²) in [6, 6.07) is 0.836. The van der Waals surface area contributed by atoms with E-state index in [0.29, 0.717) is 24.9 Å². The molecule has 0 unspecified atom stereocenters. The van der Waals surface area contributed by atoms with Crippen molar-refractivity contribution in [2.24, 2.45) is 11.8 Å². The summed E-state index contributed by atoms with van der Waals surface area (Å²) in [6.07, 6.45) is 8.10. The lowest BCUT2D eigenvalue weighted by atomic mass is 9.80. The third-order valence-electron chi connectivity index (χ3n) is 6.07. The fourth-order valence-corrected chi connectivity index (χ4v) is 4.48. The van der Waals surface area contributed by atoms with Crippen molar-refractivity contribution >= 4 is 5.91 Å². The van der Waals surface area contributed by atoms with E-state index in [4.69, 9.17) is 9.57 Å². The maximum absolute atomic E-state index is 12.4. The Morgan fingerprint density at radius 2 is 2.00 bits per heavy atom. The molecule has 1 saturated carbocycles. The standard InChI is InChI=1S/C17H28N2O3/c20-17(19-7-1-2-9-22-19)10-16-15-6-8-18(14-4-3-5-14)11-13(15)12-21-16/h13-16H,1-12H2/t13-,15-,16+/m1/s1. The summed E-state index contributed by atoms with van der Waals surface area (Å²) >= 11 is 0. The van der Waals surface area contributed by atoms with Gasteiger partial charge in [0.05, 0.1) is 25.7 Å². The van der Waals surface area contributed by atoms with E-state index in [-0.39, 0.29) is 12.0 Å². The minimum absolute atomic E-state index is 0.117. The van der Waals surface area contributed by atoms with Crippen LogP contribution in [0.15, 0.2) is 0 Å². The molecule has 4 aliphatic rings. The zero-order chi connectivity index (χ0) is 14.9. The van der Waals surface area contributed by atoms with Gasteiger partial charge in [0, 0.05) is 25.0 Å². The van der Waals surface area contributed by atoms with Gasteiger partial charge < -0.3 is 9.64 Å². The Labute approximate surface area is 132 Å². The summed E-state index contributed by atoms with van der Waals surface area (Å²) < 4.78 is 6.01. The molecule has 3 aliphatic heterocycles. The van der Waals surface area contributed by atoms with Crippen molar-refractivity contribution in [2.75, 3.05) is 32.8 Å². The third kappa shape index (κ3) is 2.91. The molecule has 5 nitrogen and oxygen atoms in total. The maximum Gasteiger partial charge on any atom is 0.248 e. The van der Waals surface area contributed by atoms with Crippen LogP contribution in [-0.2, 0) is 14.4 Å². The van der Waals surface area contributed by atoms with Crippen LogP contribution in [0, 0.1) is 11.8 Å². The molecule has 3 saturated heterocycles. The van der Waals surface area contributed by atoms with Gasteiger partial charge in [-0.15, -0.1) is 0 Å². The number of rotatable bonds is 3. The smallest absolute Gasteiger partial charge is 0.248 e. The molecular weight excluding hydrogens is 280 g/mol. The normalized spacial score (nSPS) is 36.9. The van der Waals surface area contributed by atoms with E-state index in [9.17, 15) is 4.79 Å². The number of nitrogens with zero attached hydrogens (tertiary/aromatic N) is 2. The van der Waals surface area contributed by atoms with E-state index in [1.807, 2.05) is 0 Å². The summed E-state index contributed by atoms with van der Waals surface area (Å²) in [7, 11) is 0. The molecule has 124 valence electrons. The van der Waals surface area contributed by atoms with Gasteiger partial charge in [0.15, 0.2) is 0 Å². The highest BCUT2D eigenvalue weighted by atomic mass is 16.7. The van der Waals surface area contributed by atoms with Crippen LogP contribution in [0.2, 0.25) is 0 Å². The minimum Gasteiger partial charge on any atom is -0.377 e. The molecule has 0 aromatic heterocycles. The molecule has 5 heteroatoms. The molecule has 1 aliphatic carbocycles. The van der Waals surface area contributed by atoms with Crippen molar-refractivity contribution in [1.82, 2.24) is 9.96 Å². The Bertz CT molecular complexity index is 407. The van der Waals surface area contributed by atoms with Crippen LogP contribution in [0.25, 0.3) is 0 Å². The fraction of sp³-hybridized carbons (Fsp3) is 0.941. The van der Waals surface area contributed by atoms with Crippen LogP contribution in [-0.4, -0.2) is 60.9 Å². The van der Waals surface area contributed by atoms with Gasteiger partial charge >= 0.3 is 0 Å². The van der Waals surface area contributed by atoms with E-state index in [0.717, 1.165) is 32.0 Å². The van der Waals surface area contributed by atoms with E-state index in [1.165, 1.54) is 38.8 Å². The van der Waals surface area contributed by atoms with Crippen LogP contribution in [0.1, 0.15) is 44.9 Å². The number of amides is 1. The van der Waals surface area contributed by atoms with Gasteiger partial charge in [-0.05, 0) is 44.6 Å². The second-order valence-corrected chi connectivity index (χ2v) is 7.40. The number of likely N-dealkylation sites (tertiary alicyclic amines) is 1. The van der Waals surface area contributed by atoms with Gasteiger partial charge in [0.25, 0.3) is 0 Å². The number of hydrogen-bond acceptors (Lipinski definition) is 4. The molecule has 3 heterocycles. The maximum atomic E-state index is 12.4. The lowest BCUT2D eigenvalue weighted by molar-refractivity contribution is -0.199. The predicted molar refractivity (Wildman–Crippen MR) is 82.1 cm³/mol. The van der Waals surface area contributed by atoms with Crippen LogP contribution in [0.5, 0.6) is 0 Å². The minimum atomic E-state index is 0.117. The molecule has 0 N–H and O–H groups in total. The average Bonchev–Trinajstić information content (AvgIpc) is 2.89. The van der Waals surface area contributed by atoms with Crippen LogP contribution < -0.4 is 0 Å². The number of hydrogen-bond donors (Lipinski definition) is 0. The Kier molecular flexibility index (Phi) is 4.38. The van der Waals surface area contributed by atoms with Crippen molar-refractivity contribution in [3.05, 3.63) is 0 Å². The number of piperidine rings is 1. The summed E-state index contributed by atoms with van der Waals surface area (Å²) in [4.78, 5) is 20.5. The second kappa shape index (κ2) is 6.46. The van der Waals surface area contributed by atoms with Crippen LogP contribution in [0.3, 0.4) is 0 Å². The first-order valence-corrected chi connectivity index (χ1v) is 9.10. The first kappa shape index (κ1) is 14.9. The van der Waals surface area contributed by atoms with Gasteiger partial charge in [0.2, 0.25) is 5.91 Å². The molecule has 0 spiro atoms. The first-order chi connectivity index (χ1) is 10.8. The van der Waals surface area contributed by atoms with Crippen LogP contribution >= 0.6 is 0 Å². The summed E-state index contributed by atoms with van der Waals surface area (Å²) in [5.74, 6) is 1.33. The van der Waals surface area contributed by atoms with E-state index in [1.54, 1.807) is 5.06 Å². The molecule has 22 heavy (non-hydrogen) atoms. The van der Waals surface area contributed by atoms with E-state index >= 15 is 0 Å². The van der Waals surface area contributed by atoms with Crippen molar-refractivity contribution in [1.29, 1.82) is 0 Å². The number of hydroxylamine groups is 2. The molecule has 0 radical (unpaired) electrons. The molecular formula is C17H28N2O3. The Morgan fingerprint density at radius 3 is 2.73 bits per heavy atom. The highest BCUT2D eigenvalue weighted by molar-refractivity contribution is 5.75. The Balaban J connectivity index is 1.30. The van der Waals surface area contributed by atoms with Crippen molar-refractivity contribution in [3.63, 3.8) is 0 Å². The molecule has 0 aromatic carbocycles. The fourth-order valence-electron chi connectivity index (χ4n) is 4.48. The molecule has 0 bridgehead atoms. The monoisotopic (exact) mass is 308 g/mol. The lowest BCUT2D eigenvalue weighted by Crippen LogP contribution is -2.49. The topological polar surface area (TPSA) is 42.0 Å². The average molecular weight is 308 g/mol.